The zero-order valence-electron chi connectivity index (χ0n) is 15.1. The molecule has 5 nitrogen and oxygen atoms in total. The average molecular weight is 369 g/mol. The van der Waals surface area contributed by atoms with Gasteiger partial charge in [0.25, 0.3) is 0 Å². The van der Waals surface area contributed by atoms with Gasteiger partial charge in [0.15, 0.2) is 0 Å². The lowest BCUT2D eigenvalue weighted by molar-refractivity contribution is 0.261. The second-order valence-corrected chi connectivity index (χ2v) is 7.65. The molecule has 3 heterocycles. The van der Waals surface area contributed by atoms with E-state index in [0.717, 1.165) is 25.2 Å². The fraction of sp³-hybridized carbons (Fsp3) is 0.400. The predicted molar refractivity (Wildman–Crippen MR) is 105 cm³/mol. The van der Waals surface area contributed by atoms with Crippen LogP contribution in [0.3, 0.4) is 0 Å². The van der Waals surface area contributed by atoms with E-state index in [-0.39, 0.29) is 0 Å². The Kier molecular flexibility index (Phi) is 5.32. The van der Waals surface area contributed by atoms with Crippen LogP contribution in [0.4, 0.5) is 5.69 Å². The zero-order chi connectivity index (χ0) is 17.8. The van der Waals surface area contributed by atoms with Gasteiger partial charge >= 0.3 is 0 Å². The Morgan fingerprint density at radius 3 is 2.77 bits per heavy atom. The third kappa shape index (κ3) is 3.97. The van der Waals surface area contributed by atoms with Crippen molar-refractivity contribution < 1.29 is 4.52 Å². The van der Waals surface area contributed by atoms with Gasteiger partial charge in [0.05, 0.1) is 6.54 Å². The first-order chi connectivity index (χ1) is 12.8. The fourth-order valence-electron chi connectivity index (χ4n) is 3.49. The van der Waals surface area contributed by atoms with Gasteiger partial charge in [-0.3, -0.25) is 4.90 Å². The van der Waals surface area contributed by atoms with Gasteiger partial charge in [0.2, 0.25) is 11.7 Å². The molecule has 2 aromatic heterocycles. The number of piperidine rings is 1. The summed E-state index contributed by atoms with van der Waals surface area (Å²) >= 11 is 1.64. The first-order valence-corrected chi connectivity index (χ1v) is 10.1. The van der Waals surface area contributed by atoms with E-state index < -0.39 is 0 Å². The quantitative estimate of drug-likeness (QED) is 0.644. The largest absolute Gasteiger partial charge is 0.371 e. The van der Waals surface area contributed by atoms with Crippen LogP contribution < -0.4 is 4.90 Å². The molecule has 3 aromatic rings. The van der Waals surface area contributed by atoms with Crippen molar-refractivity contribution in [2.75, 3.05) is 25.0 Å². The van der Waals surface area contributed by atoms with E-state index in [9.17, 15) is 0 Å². The van der Waals surface area contributed by atoms with Crippen molar-refractivity contribution in [1.82, 2.24) is 15.0 Å². The highest BCUT2D eigenvalue weighted by Crippen LogP contribution is 2.25. The Morgan fingerprint density at radius 2 is 1.96 bits per heavy atom. The maximum Gasteiger partial charge on any atom is 0.241 e. The lowest BCUT2D eigenvalue weighted by Crippen LogP contribution is -2.31. The number of nitrogens with zero attached hydrogens (tertiary/aromatic N) is 4. The third-order valence-corrected chi connectivity index (χ3v) is 5.46. The molecule has 6 heteroatoms. The molecule has 0 aliphatic carbocycles. The van der Waals surface area contributed by atoms with Gasteiger partial charge in [0.1, 0.15) is 0 Å². The lowest BCUT2D eigenvalue weighted by Gasteiger charge is -2.31. The van der Waals surface area contributed by atoms with Crippen LogP contribution in [0.15, 0.2) is 45.6 Å². The van der Waals surface area contributed by atoms with Gasteiger partial charge in [-0.2, -0.15) is 16.3 Å². The number of hydrogen-bond acceptors (Lipinski definition) is 6. The van der Waals surface area contributed by atoms with Crippen molar-refractivity contribution in [2.24, 2.45) is 0 Å². The van der Waals surface area contributed by atoms with Gasteiger partial charge in [-0.1, -0.05) is 23.4 Å². The van der Waals surface area contributed by atoms with Crippen molar-refractivity contribution in [3.63, 3.8) is 0 Å². The molecule has 1 fully saturated rings. The maximum atomic E-state index is 5.43. The second-order valence-electron chi connectivity index (χ2n) is 6.87. The number of hydrogen-bond donors (Lipinski definition) is 0. The van der Waals surface area contributed by atoms with E-state index in [1.807, 2.05) is 16.8 Å². The minimum Gasteiger partial charge on any atom is -0.371 e. The highest BCUT2D eigenvalue weighted by molar-refractivity contribution is 7.08. The molecule has 0 atom stereocenters. The minimum absolute atomic E-state index is 0.644. The van der Waals surface area contributed by atoms with Gasteiger partial charge in [0, 0.05) is 36.3 Å². The van der Waals surface area contributed by atoms with E-state index in [2.05, 4.69) is 51.3 Å². The third-order valence-electron chi connectivity index (χ3n) is 4.78. The van der Waals surface area contributed by atoms with Crippen LogP contribution in [0.2, 0.25) is 0 Å². The highest BCUT2D eigenvalue weighted by Gasteiger charge is 2.16. The number of rotatable bonds is 6. The molecule has 0 bridgehead atoms. The summed E-state index contributed by atoms with van der Waals surface area (Å²) in [7, 11) is 2.10. The van der Waals surface area contributed by atoms with E-state index in [1.54, 1.807) is 11.3 Å². The Hall–Kier alpha value is -2.18. The number of para-hydroxylation sites is 1. The van der Waals surface area contributed by atoms with Crippen LogP contribution in [-0.4, -0.2) is 35.2 Å². The summed E-state index contributed by atoms with van der Waals surface area (Å²) in [5.41, 5.74) is 3.74. The van der Waals surface area contributed by atoms with Crippen molar-refractivity contribution in [3.05, 3.63) is 52.5 Å². The molecule has 1 aliphatic heterocycles. The van der Waals surface area contributed by atoms with E-state index in [0.29, 0.717) is 18.3 Å². The molecular weight excluding hydrogens is 344 g/mol. The van der Waals surface area contributed by atoms with Crippen molar-refractivity contribution in [3.8, 4) is 11.4 Å². The zero-order valence-corrected chi connectivity index (χ0v) is 15.9. The van der Waals surface area contributed by atoms with Crippen LogP contribution in [-0.2, 0) is 13.1 Å². The van der Waals surface area contributed by atoms with Crippen molar-refractivity contribution >= 4 is 17.0 Å². The molecule has 1 aliphatic rings. The predicted octanol–water partition coefficient (Wildman–Crippen LogP) is 4.42. The average Bonchev–Trinajstić information content (AvgIpc) is 3.34. The fourth-order valence-corrected chi connectivity index (χ4v) is 4.13. The number of anilines is 1. The number of thiophene rings is 1. The van der Waals surface area contributed by atoms with Crippen LogP contribution in [0, 0.1) is 0 Å². The normalized spacial score (nSPS) is 14.9. The Labute approximate surface area is 158 Å². The molecule has 0 spiro atoms. The Bertz CT molecular complexity index is 824. The van der Waals surface area contributed by atoms with Gasteiger partial charge < -0.3 is 9.42 Å². The summed E-state index contributed by atoms with van der Waals surface area (Å²) in [4.78, 5) is 9.28. The molecule has 26 heavy (non-hydrogen) atoms. The van der Waals surface area contributed by atoms with Crippen LogP contribution in [0.1, 0.15) is 30.7 Å². The molecule has 1 saturated heterocycles. The molecule has 0 N–H and O–H groups in total. The van der Waals surface area contributed by atoms with Gasteiger partial charge in [-0.15, -0.1) is 0 Å². The maximum absolute atomic E-state index is 5.43. The summed E-state index contributed by atoms with van der Waals surface area (Å²) < 4.78 is 5.43. The van der Waals surface area contributed by atoms with Crippen LogP contribution >= 0.6 is 11.3 Å². The summed E-state index contributed by atoms with van der Waals surface area (Å²) in [5.74, 6) is 1.33. The SMILES string of the molecule is CN(Cc1nc(-c2ccsc2)no1)Cc1ccccc1N1CCCCC1. The summed E-state index contributed by atoms with van der Waals surface area (Å²) in [6.07, 6.45) is 3.93. The molecular formula is C20H24N4OS. The standard InChI is InChI=1S/C20H24N4OS/c1-23(14-19-21-20(22-25-19)17-9-12-26-15-17)13-16-7-3-4-8-18(16)24-10-5-2-6-11-24/h3-4,7-9,12,15H,2,5-6,10-11,13-14H2,1H3. The first kappa shape index (κ1) is 17.2. The lowest BCUT2D eigenvalue weighted by atomic mass is 10.1. The van der Waals surface area contributed by atoms with Crippen molar-refractivity contribution in [2.45, 2.75) is 32.4 Å². The van der Waals surface area contributed by atoms with Crippen LogP contribution in [0.25, 0.3) is 11.4 Å². The Balaban J connectivity index is 1.43. The molecule has 0 radical (unpaired) electrons. The minimum atomic E-state index is 0.644. The molecule has 0 saturated carbocycles. The molecule has 1 aromatic carbocycles. The first-order valence-electron chi connectivity index (χ1n) is 9.16. The van der Waals surface area contributed by atoms with E-state index in [4.69, 9.17) is 4.52 Å². The number of benzene rings is 1. The Morgan fingerprint density at radius 1 is 1.12 bits per heavy atom. The van der Waals surface area contributed by atoms with Gasteiger partial charge in [-0.05, 0) is 49.4 Å². The summed E-state index contributed by atoms with van der Waals surface area (Å²) in [5, 5.41) is 8.15. The molecule has 4 rings (SSSR count). The summed E-state index contributed by atoms with van der Waals surface area (Å²) in [6.45, 7) is 3.83. The number of aromatic nitrogens is 2. The molecule has 0 unspecified atom stereocenters. The molecule has 136 valence electrons. The van der Waals surface area contributed by atoms with Crippen molar-refractivity contribution in [1.29, 1.82) is 0 Å². The topological polar surface area (TPSA) is 45.4 Å². The molecule has 0 amide bonds. The van der Waals surface area contributed by atoms with E-state index >= 15 is 0 Å². The monoisotopic (exact) mass is 368 g/mol. The highest BCUT2D eigenvalue weighted by atomic mass is 32.1. The van der Waals surface area contributed by atoms with E-state index in [1.165, 1.54) is 30.5 Å². The summed E-state index contributed by atoms with van der Waals surface area (Å²) in [6, 6.07) is 10.7. The van der Waals surface area contributed by atoms with Gasteiger partial charge in [-0.25, -0.2) is 0 Å². The second kappa shape index (κ2) is 8.01. The van der Waals surface area contributed by atoms with Crippen LogP contribution in [0.5, 0.6) is 0 Å². The smallest absolute Gasteiger partial charge is 0.241 e.